The van der Waals surface area contributed by atoms with Gasteiger partial charge < -0.3 is 19.9 Å². The number of aliphatic hydroxyl groups is 1. The van der Waals surface area contributed by atoms with E-state index in [0.29, 0.717) is 23.4 Å². The van der Waals surface area contributed by atoms with E-state index in [0.717, 1.165) is 0 Å². The molecule has 3 aromatic rings. The van der Waals surface area contributed by atoms with Crippen LogP contribution in [0, 0.1) is 17.7 Å². The van der Waals surface area contributed by atoms with Gasteiger partial charge in [0.05, 0.1) is 11.6 Å². The van der Waals surface area contributed by atoms with E-state index in [4.69, 9.17) is 0 Å². The van der Waals surface area contributed by atoms with Crippen molar-refractivity contribution in [2.75, 3.05) is 6.61 Å². The summed E-state index contributed by atoms with van der Waals surface area (Å²) < 4.78 is 14.8. The molecule has 4 heterocycles. The van der Waals surface area contributed by atoms with Crippen molar-refractivity contribution in [3.8, 4) is 0 Å². The van der Waals surface area contributed by atoms with E-state index in [1.807, 2.05) is 0 Å². The van der Waals surface area contributed by atoms with E-state index in [9.17, 15) is 23.9 Å². The number of fused-ring (bicyclic) bond motifs is 3. The van der Waals surface area contributed by atoms with Gasteiger partial charge in [-0.1, -0.05) is 18.2 Å². The minimum Gasteiger partial charge on any atom is -0.396 e. The number of hydrogen-bond donors (Lipinski definition) is 2. The fourth-order valence-corrected chi connectivity index (χ4v) is 5.19. The lowest BCUT2D eigenvalue weighted by Crippen LogP contribution is -2.50. The van der Waals surface area contributed by atoms with Gasteiger partial charge in [-0.3, -0.25) is 19.4 Å². The Balaban J connectivity index is 1.52. The van der Waals surface area contributed by atoms with Gasteiger partial charge in [0.2, 0.25) is 5.91 Å². The summed E-state index contributed by atoms with van der Waals surface area (Å²) in [5.74, 6) is -2.06. The van der Waals surface area contributed by atoms with E-state index >= 15 is 0 Å². The van der Waals surface area contributed by atoms with Crippen LogP contribution in [0.2, 0.25) is 0 Å². The summed E-state index contributed by atoms with van der Waals surface area (Å²) in [5, 5.41) is 13.1. The number of amides is 2. The number of likely N-dealkylation sites (tertiary alicyclic amines) is 1. The van der Waals surface area contributed by atoms with Gasteiger partial charge in [0.1, 0.15) is 11.9 Å². The fourth-order valence-electron chi connectivity index (χ4n) is 5.19. The predicted molar refractivity (Wildman–Crippen MR) is 120 cm³/mol. The maximum atomic E-state index is 13.7. The molecule has 5 rings (SSSR count). The fraction of sp³-hybridized carbons (Fsp3) is 0.280. The quantitative estimate of drug-likeness (QED) is 0.598. The molecular weight excluding hydrogens is 439 g/mol. The molecule has 0 spiro atoms. The number of pyridine rings is 2. The number of benzene rings is 1. The first-order chi connectivity index (χ1) is 16.5. The third kappa shape index (κ3) is 3.67. The Hall–Kier alpha value is -3.85. The molecule has 8 nitrogen and oxygen atoms in total. The van der Waals surface area contributed by atoms with Crippen molar-refractivity contribution in [2.45, 2.75) is 25.2 Å². The maximum Gasteiger partial charge on any atom is 0.256 e. The molecule has 1 saturated heterocycles. The number of aromatic nitrogens is 2. The number of carbonyl (C=O) groups is 2. The van der Waals surface area contributed by atoms with Crippen LogP contribution >= 0.6 is 0 Å². The van der Waals surface area contributed by atoms with Gasteiger partial charge in [-0.2, -0.15) is 0 Å². The predicted octanol–water partition coefficient (Wildman–Crippen LogP) is 1.50. The van der Waals surface area contributed by atoms with Gasteiger partial charge >= 0.3 is 0 Å². The summed E-state index contributed by atoms with van der Waals surface area (Å²) in [7, 11) is 0. The molecule has 2 aliphatic heterocycles. The van der Waals surface area contributed by atoms with Crippen molar-refractivity contribution >= 4 is 11.8 Å². The van der Waals surface area contributed by atoms with E-state index in [1.54, 1.807) is 47.2 Å². The molecule has 0 radical (unpaired) electrons. The number of halogens is 1. The molecule has 1 fully saturated rings. The van der Waals surface area contributed by atoms with Crippen molar-refractivity contribution in [1.29, 1.82) is 0 Å². The van der Waals surface area contributed by atoms with Crippen LogP contribution in [-0.4, -0.2) is 44.0 Å². The molecule has 4 atom stereocenters. The van der Waals surface area contributed by atoms with Gasteiger partial charge in [0.25, 0.3) is 11.5 Å². The van der Waals surface area contributed by atoms with Crippen LogP contribution in [0.1, 0.15) is 27.7 Å². The van der Waals surface area contributed by atoms with Crippen LogP contribution in [0.15, 0.2) is 71.8 Å². The summed E-state index contributed by atoms with van der Waals surface area (Å²) in [6.45, 7) is 0.132. The molecular formula is C25H23FN4O4. The van der Waals surface area contributed by atoms with Gasteiger partial charge in [-0.25, -0.2) is 4.39 Å². The molecule has 2 amide bonds. The monoisotopic (exact) mass is 462 g/mol. The molecule has 2 aliphatic rings. The average Bonchev–Trinajstić information content (AvgIpc) is 3.39. The Morgan fingerprint density at radius 2 is 1.91 bits per heavy atom. The first-order valence-corrected chi connectivity index (χ1v) is 11.0. The van der Waals surface area contributed by atoms with Crippen LogP contribution in [-0.2, 0) is 17.9 Å². The third-order valence-electron chi connectivity index (χ3n) is 6.74. The Labute approximate surface area is 194 Å². The standard InChI is InChI=1S/C25H23FN4O4/c26-17-8-6-15(7-9-17)11-28-24(33)23-19(14-31)18-13-29-20(4-1-5-21(29)32)22(18)30(23)25(34)16-3-2-10-27-12-16/h1-10,12,18-19,22-23,31H,11,13-14H2,(H,28,33)/t18-,19-,22+,23-/m0/s1. The normalized spacial score (nSPS) is 22.8. The number of rotatable bonds is 5. The number of aliphatic hydroxyl groups excluding tert-OH is 1. The second-order valence-corrected chi connectivity index (χ2v) is 8.60. The summed E-state index contributed by atoms with van der Waals surface area (Å²) in [6.07, 6.45) is 2.99. The van der Waals surface area contributed by atoms with Gasteiger partial charge in [0.15, 0.2) is 0 Å². The second kappa shape index (κ2) is 8.83. The number of nitrogens with zero attached hydrogens (tertiary/aromatic N) is 3. The Kier molecular flexibility index (Phi) is 5.70. The minimum absolute atomic E-state index is 0.147. The molecule has 2 aromatic heterocycles. The van der Waals surface area contributed by atoms with E-state index in [1.165, 1.54) is 29.3 Å². The first kappa shape index (κ1) is 22.0. The number of hydrogen-bond acceptors (Lipinski definition) is 5. The zero-order valence-electron chi connectivity index (χ0n) is 18.2. The molecule has 0 bridgehead atoms. The second-order valence-electron chi connectivity index (χ2n) is 8.60. The highest BCUT2D eigenvalue weighted by molar-refractivity contribution is 5.98. The zero-order chi connectivity index (χ0) is 23.8. The van der Waals surface area contributed by atoms with Gasteiger partial charge in [0, 0.05) is 55.7 Å². The summed E-state index contributed by atoms with van der Waals surface area (Å²) in [6, 6.07) is 12.4. The zero-order valence-corrected chi connectivity index (χ0v) is 18.2. The van der Waals surface area contributed by atoms with Crippen molar-refractivity contribution in [3.05, 3.63) is 100.0 Å². The van der Waals surface area contributed by atoms with Crippen molar-refractivity contribution in [1.82, 2.24) is 19.8 Å². The molecule has 174 valence electrons. The highest BCUT2D eigenvalue weighted by atomic mass is 19.1. The smallest absolute Gasteiger partial charge is 0.256 e. The Morgan fingerprint density at radius 3 is 2.62 bits per heavy atom. The van der Waals surface area contributed by atoms with Crippen molar-refractivity contribution < 1.29 is 19.1 Å². The number of carbonyl (C=O) groups excluding carboxylic acids is 2. The van der Waals surface area contributed by atoms with E-state index in [-0.39, 0.29) is 30.4 Å². The van der Waals surface area contributed by atoms with Gasteiger partial charge in [-0.15, -0.1) is 0 Å². The topological polar surface area (TPSA) is 105 Å². The van der Waals surface area contributed by atoms with E-state index in [2.05, 4.69) is 10.3 Å². The lowest BCUT2D eigenvalue weighted by atomic mass is 9.88. The molecule has 9 heteroatoms. The van der Waals surface area contributed by atoms with Gasteiger partial charge in [-0.05, 0) is 35.9 Å². The largest absolute Gasteiger partial charge is 0.396 e. The average molecular weight is 462 g/mol. The molecule has 2 N–H and O–H groups in total. The summed E-state index contributed by atoms with van der Waals surface area (Å²) in [5.41, 5.74) is 1.47. The summed E-state index contributed by atoms with van der Waals surface area (Å²) in [4.78, 5) is 45.1. The lowest BCUT2D eigenvalue weighted by Gasteiger charge is -2.31. The Morgan fingerprint density at radius 1 is 1.12 bits per heavy atom. The van der Waals surface area contributed by atoms with Crippen LogP contribution in [0.3, 0.4) is 0 Å². The van der Waals surface area contributed by atoms with Crippen LogP contribution < -0.4 is 10.9 Å². The van der Waals surface area contributed by atoms with Crippen LogP contribution in [0.4, 0.5) is 4.39 Å². The SMILES string of the molecule is O=C(NCc1ccc(F)cc1)[C@@H]1[C@@H](CO)[C@@H]2Cn3c(cccc3=O)[C@@H]2N1C(=O)c1cccnc1. The molecule has 0 unspecified atom stereocenters. The molecule has 34 heavy (non-hydrogen) atoms. The highest BCUT2D eigenvalue weighted by Crippen LogP contribution is 2.49. The Bertz CT molecular complexity index is 1280. The van der Waals surface area contributed by atoms with Crippen molar-refractivity contribution in [2.24, 2.45) is 11.8 Å². The maximum absolute atomic E-state index is 13.7. The highest BCUT2D eigenvalue weighted by Gasteiger charge is 2.57. The van der Waals surface area contributed by atoms with Crippen molar-refractivity contribution in [3.63, 3.8) is 0 Å². The molecule has 1 aromatic carbocycles. The third-order valence-corrected chi connectivity index (χ3v) is 6.74. The summed E-state index contributed by atoms with van der Waals surface area (Å²) >= 11 is 0. The van der Waals surface area contributed by atoms with E-state index < -0.39 is 29.8 Å². The minimum atomic E-state index is -0.947. The molecule has 0 aliphatic carbocycles. The number of nitrogens with one attached hydrogen (secondary N) is 1. The van der Waals surface area contributed by atoms with Crippen LogP contribution in [0.25, 0.3) is 0 Å². The first-order valence-electron chi connectivity index (χ1n) is 11.0. The molecule has 0 saturated carbocycles. The van der Waals surface area contributed by atoms with Crippen LogP contribution in [0.5, 0.6) is 0 Å². The lowest BCUT2D eigenvalue weighted by molar-refractivity contribution is -0.127.